The summed E-state index contributed by atoms with van der Waals surface area (Å²) in [7, 11) is 0. The molecule has 2 heterocycles. The van der Waals surface area contributed by atoms with Gasteiger partial charge in [-0.3, -0.25) is 4.79 Å². The first kappa shape index (κ1) is 21.5. The number of ether oxygens (including phenoxy) is 3. The fourth-order valence-electron chi connectivity index (χ4n) is 4.28. The van der Waals surface area contributed by atoms with Crippen LogP contribution in [-0.4, -0.2) is 27.9 Å². The highest BCUT2D eigenvalue weighted by molar-refractivity contribution is 5.78. The van der Waals surface area contributed by atoms with Crippen LogP contribution in [0.25, 0.3) is 0 Å². The minimum Gasteiger partial charge on any atom is -0.440 e. The zero-order valence-electron chi connectivity index (χ0n) is 18.6. The summed E-state index contributed by atoms with van der Waals surface area (Å²) < 4.78 is 18.8. The van der Waals surface area contributed by atoms with Gasteiger partial charge in [0.2, 0.25) is 5.75 Å². The van der Waals surface area contributed by atoms with Crippen LogP contribution >= 0.6 is 0 Å². The average molecular weight is 446 g/mol. The van der Waals surface area contributed by atoms with Gasteiger partial charge < -0.3 is 24.4 Å². The molecule has 2 aliphatic rings. The maximum absolute atomic E-state index is 12.1. The summed E-state index contributed by atoms with van der Waals surface area (Å²) in [5.41, 5.74) is 1.75. The van der Waals surface area contributed by atoms with Crippen molar-refractivity contribution in [1.82, 2.24) is 0 Å². The molecule has 170 valence electrons. The molecule has 6 heteroatoms. The Balaban J connectivity index is 1.69. The van der Waals surface area contributed by atoms with Crippen LogP contribution in [-0.2, 0) is 23.4 Å². The smallest absolute Gasteiger partial charge is 0.311 e. The number of rotatable bonds is 5. The lowest BCUT2D eigenvalue weighted by atomic mass is 9.92. The van der Waals surface area contributed by atoms with Crippen molar-refractivity contribution in [2.75, 3.05) is 0 Å². The normalized spacial score (nSPS) is 17.3. The van der Waals surface area contributed by atoms with Crippen LogP contribution in [0.3, 0.4) is 0 Å². The highest BCUT2D eigenvalue weighted by Crippen LogP contribution is 2.56. The first-order valence-corrected chi connectivity index (χ1v) is 11.1. The van der Waals surface area contributed by atoms with Crippen molar-refractivity contribution >= 4 is 5.97 Å². The van der Waals surface area contributed by atoms with Crippen molar-refractivity contribution in [2.45, 2.75) is 50.6 Å². The first-order chi connectivity index (χ1) is 15.8. The Morgan fingerprint density at radius 1 is 0.909 bits per heavy atom. The molecular formula is C27H26O6. The fourth-order valence-corrected chi connectivity index (χ4v) is 4.28. The molecule has 33 heavy (non-hydrogen) atoms. The zero-order chi connectivity index (χ0) is 23.2. The lowest BCUT2D eigenvalue weighted by molar-refractivity contribution is -0.135. The topological polar surface area (TPSA) is 85.2 Å². The summed E-state index contributed by atoms with van der Waals surface area (Å²) in [5.74, 6) is -0.519. The summed E-state index contributed by atoms with van der Waals surface area (Å²) in [6.45, 7) is 3.13. The van der Waals surface area contributed by atoms with Gasteiger partial charge in [-0.25, -0.2) is 0 Å². The van der Waals surface area contributed by atoms with E-state index in [1.54, 1.807) is 13.8 Å². The van der Waals surface area contributed by atoms with Crippen molar-refractivity contribution in [1.29, 1.82) is 0 Å². The third-order valence-corrected chi connectivity index (χ3v) is 6.19. The maximum Gasteiger partial charge on any atom is 0.311 e. The molecule has 6 nitrogen and oxygen atoms in total. The minimum absolute atomic E-state index is 0.149. The van der Waals surface area contributed by atoms with Crippen LogP contribution in [0.2, 0.25) is 0 Å². The third-order valence-electron chi connectivity index (χ3n) is 6.19. The van der Waals surface area contributed by atoms with Crippen molar-refractivity contribution < 1.29 is 29.2 Å². The molecule has 0 radical (unpaired) electrons. The second kappa shape index (κ2) is 7.90. The number of aryl methyl sites for hydroxylation is 1. The number of hydrogen-bond acceptors (Lipinski definition) is 6. The number of fused-ring (bicyclic) bond motifs is 3. The van der Waals surface area contributed by atoms with Crippen LogP contribution in [0.1, 0.15) is 42.5 Å². The monoisotopic (exact) mass is 446 g/mol. The lowest BCUT2D eigenvalue weighted by Gasteiger charge is -2.29. The van der Waals surface area contributed by atoms with Crippen LogP contribution in [0.15, 0.2) is 66.7 Å². The Morgan fingerprint density at radius 3 is 2.06 bits per heavy atom. The zero-order valence-corrected chi connectivity index (χ0v) is 18.6. The largest absolute Gasteiger partial charge is 0.440 e. The van der Waals surface area contributed by atoms with Crippen LogP contribution in [0, 0.1) is 0 Å². The fraction of sp³-hybridized carbons (Fsp3) is 0.296. The predicted molar refractivity (Wildman–Crippen MR) is 121 cm³/mol. The molecule has 0 amide bonds. The molecule has 2 N–H and O–H groups in total. The molecule has 3 aromatic carbocycles. The minimum atomic E-state index is -1.30. The quantitative estimate of drug-likeness (QED) is 0.457. The molecule has 0 bridgehead atoms. The summed E-state index contributed by atoms with van der Waals surface area (Å²) in [6.07, 6.45) is -0.114. The molecule has 3 aromatic rings. The number of carbonyl (C=O) groups excluding carboxylic acids is 1. The van der Waals surface area contributed by atoms with E-state index < -0.39 is 17.5 Å². The van der Waals surface area contributed by atoms with Crippen LogP contribution in [0.5, 0.6) is 17.2 Å². The Labute approximate surface area is 192 Å². The predicted octanol–water partition coefficient (Wildman–Crippen LogP) is 3.89. The van der Waals surface area contributed by atoms with Gasteiger partial charge in [-0.05, 0) is 31.9 Å². The second-order valence-electron chi connectivity index (χ2n) is 9.08. The van der Waals surface area contributed by atoms with E-state index in [1.165, 1.54) is 0 Å². The number of benzene rings is 3. The van der Waals surface area contributed by atoms with Gasteiger partial charge in [-0.1, -0.05) is 60.7 Å². The number of hydrogen-bond donors (Lipinski definition) is 2. The Kier molecular flexibility index (Phi) is 5.15. The number of carbonyl (C=O) groups is 1. The molecule has 0 aliphatic carbocycles. The SMILES string of the molecule is CC(C)(O)C(O)Cc1cc2c(c3c1OC(c1ccccc1)(c1ccccc1)O3)OC(=O)CC2. The molecule has 1 unspecified atom stereocenters. The summed E-state index contributed by atoms with van der Waals surface area (Å²) in [6, 6.07) is 21.0. The van der Waals surface area contributed by atoms with Gasteiger partial charge >= 0.3 is 11.8 Å². The van der Waals surface area contributed by atoms with Crippen LogP contribution < -0.4 is 14.2 Å². The van der Waals surface area contributed by atoms with Gasteiger partial charge in [-0.2, -0.15) is 0 Å². The molecule has 1 atom stereocenters. The Morgan fingerprint density at radius 2 is 1.48 bits per heavy atom. The lowest BCUT2D eigenvalue weighted by Crippen LogP contribution is -2.38. The number of aliphatic hydroxyl groups is 2. The van der Waals surface area contributed by atoms with Crippen molar-refractivity contribution in [2.24, 2.45) is 0 Å². The molecular weight excluding hydrogens is 420 g/mol. The van der Waals surface area contributed by atoms with E-state index in [9.17, 15) is 15.0 Å². The summed E-state index contributed by atoms with van der Waals surface area (Å²) in [5, 5.41) is 21.0. The van der Waals surface area contributed by atoms with E-state index in [0.717, 1.165) is 16.7 Å². The molecule has 0 saturated heterocycles. The van der Waals surface area contributed by atoms with Gasteiger partial charge in [0, 0.05) is 23.1 Å². The van der Waals surface area contributed by atoms with Gasteiger partial charge in [0.25, 0.3) is 0 Å². The first-order valence-electron chi connectivity index (χ1n) is 11.1. The third kappa shape index (κ3) is 3.75. The molecule has 2 aliphatic heterocycles. The van der Waals surface area contributed by atoms with E-state index in [4.69, 9.17) is 14.2 Å². The van der Waals surface area contributed by atoms with Crippen molar-refractivity contribution in [3.63, 3.8) is 0 Å². The van der Waals surface area contributed by atoms with E-state index in [2.05, 4.69) is 0 Å². The van der Waals surface area contributed by atoms with Gasteiger partial charge in [0.15, 0.2) is 11.5 Å². The maximum atomic E-state index is 12.1. The van der Waals surface area contributed by atoms with Crippen LogP contribution in [0.4, 0.5) is 0 Å². The van der Waals surface area contributed by atoms with E-state index >= 15 is 0 Å². The number of esters is 1. The molecule has 0 saturated carbocycles. The Hall–Kier alpha value is -3.35. The van der Waals surface area contributed by atoms with Crippen molar-refractivity contribution in [3.05, 3.63) is 89.0 Å². The van der Waals surface area contributed by atoms with Gasteiger partial charge in [0.05, 0.1) is 18.1 Å². The average Bonchev–Trinajstić information content (AvgIpc) is 3.23. The molecule has 0 spiro atoms. The van der Waals surface area contributed by atoms with E-state index in [1.807, 2.05) is 66.7 Å². The summed E-state index contributed by atoms with van der Waals surface area (Å²) >= 11 is 0. The summed E-state index contributed by atoms with van der Waals surface area (Å²) in [4.78, 5) is 12.1. The van der Waals surface area contributed by atoms with Gasteiger partial charge in [0.1, 0.15) is 0 Å². The molecule has 0 fully saturated rings. The highest BCUT2D eigenvalue weighted by Gasteiger charge is 2.49. The van der Waals surface area contributed by atoms with E-state index in [-0.39, 0.29) is 18.8 Å². The van der Waals surface area contributed by atoms with Gasteiger partial charge in [-0.15, -0.1) is 0 Å². The molecule has 0 aromatic heterocycles. The van der Waals surface area contributed by atoms with Crippen molar-refractivity contribution in [3.8, 4) is 17.2 Å². The Bertz CT molecular complexity index is 1140. The highest BCUT2D eigenvalue weighted by atomic mass is 16.7. The van der Waals surface area contributed by atoms with E-state index in [0.29, 0.717) is 29.2 Å². The molecule has 5 rings (SSSR count). The standard InChI is InChI=1S/C27H26O6/c1-26(2,30)21(28)16-18-15-17-13-14-22(29)31-23(17)25-24(18)32-27(33-25,19-9-5-3-6-10-19)20-11-7-4-8-12-20/h3-12,15,21,28,30H,13-14,16H2,1-2H3. The number of aliphatic hydroxyl groups excluding tert-OH is 1. The second-order valence-corrected chi connectivity index (χ2v) is 9.08.